The zero-order chi connectivity index (χ0) is 25.1. The Balaban J connectivity index is 1.60. The van der Waals surface area contributed by atoms with E-state index in [1.54, 1.807) is 0 Å². The third kappa shape index (κ3) is 3.41. The lowest BCUT2D eigenvalue weighted by Crippen LogP contribution is -2.26. The van der Waals surface area contributed by atoms with Gasteiger partial charge >= 0.3 is 0 Å². The Morgan fingerprint density at radius 1 is 0.946 bits per heavy atom. The monoisotopic (exact) mass is 490 g/mol. The Morgan fingerprint density at radius 2 is 1.76 bits per heavy atom. The van der Waals surface area contributed by atoms with Gasteiger partial charge < -0.3 is 13.9 Å². The molecule has 2 aromatic carbocycles. The fourth-order valence-corrected chi connectivity index (χ4v) is 6.35. The minimum absolute atomic E-state index is 0.167. The molecule has 0 unspecified atom stereocenters. The minimum Gasteiger partial charge on any atom is -0.381 e. The highest BCUT2D eigenvalue weighted by Crippen LogP contribution is 2.43. The van der Waals surface area contributed by atoms with Crippen LogP contribution in [0.1, 0.15) is 30.1 Å². The fourth-order valence-electron chi connectivity index (χ4n) is 6.35. The number of fused-ring (bicyclic) bond motifs is 5. The van der Waals surface area contributed by atoms with Gasteiger partial charge in [0.1, 0.15) is 0 Å². The first-order valence-electron chi connectivity index (χ1n) is 13.0. The second kappa shape index (κ2) is 8.56. The van der Waals surface area contributed by atoms with Crippen LogP contribution in [0.2, 0.25) is 0 Å². The van der Waals surface area contributed by atoms with Crippen LogP contribution in [0.25, 0.3) is 44.1 Å². The second-order valence-corrected chi connectivity index (χ2v) is 10.2. The summed E-state index contributed by atoms with van der Waals surface area (Å²) in [6.07, 6.45) is 7.87. The number of imidazole rings is 1. The minimum atomic E-state index is 0.167. The maximum Gasteiger partial charge on any atom is 0.0982 e. The number of aryl methyl sites for hydroxylation is 3. The molecule has 7 heteroatoms. The molecule has 1 atom stereocenters. The van der Waals surface area contributed by atoms with Crippen molar-refractivity contribution in [2.75, 3.05) is 13.2 Å². The van der Waals surface area contributed by atoms with E-state index in [0.717, 1.165) is 70.3 Å². The summed E-state index contributed by atoms with van der Waals surface area (Å²) in [6, 6.07) is 17.9. The van der Waals surface area contributed by atoms with Crippen LogP contribution >= 0.6 is 0 Å². The summed E-state index contributed by atoms with van der Waals surface area (Å²) in [4.78, 5) is 9.67. The van der Waals surface area contributed by atoms with Gasteiger partial charge in [-0.2, -0.15) is 5.10 Å². The number of rotatable bonds is 4. The molecule has 7 rings (SSSR count). The normalized spacial score (nSPS) is 15.8. The van der Waals surface area contributed by atoms with Gasteiger partial charge in [-0.3, -0.25) is 9.67 Å². The molecule has 0 radical (unpaired) electrons. The Morgan fingerprint density at radius 3 is 2.51 bits per heavy atom. The van der Waals surface area contributed by atoms with Gasteiger partial charge in [0.25, 0.3) is 0 Å². The van der Waals surface area contributed by atoms with E-state index in [4.69, 9.17) is 9.72 Å². The highest BCUT2D eigenvalue weighted by molar-refractivity contribution is 6.18. The smallest absolute Gasteiger partial charge is 0.0982 e. The number of hydrogen-bond donors (Lipinski definition) is 0. The Labute approximate surface area is 215 Å². The molecule has 0 aliphatic carbocycles. The molecule has 6 aromatic rings. The van der Waals surface area contributed by atoms with E-state index in [1.807, 2.05) is 37.5 Å². The van der Waals surface area contributed by atoms with Crippen LogP contribution in [0.3, 0.4) is 0 Å². The van der Waals surface area contributed by atoms with Crippen LogP contribution in [0.15, 0.2) is 67.3 Å². The second-order valence-electron chi connectivity index (χ2n) is 10.2. The topological polar surface area (TPSA) is 62.7 Å². The molecule has 1 fully saturated rings. The Hall–Kier alpha value is -3.97. The van der Waals surface area contributed by atoms with E-state index < -0.39 is 0 Å². The summed E-state index contributed by atoms with van der Waals surface area (Å²) in [5, 5.41) is 6.88. The van der Waals surface area contributed by atoms with Crippen LogP contribution in [0, 0.1) is 12.8 Å². The molecule has 1 aliphatic rings. The average Bonchev–Trinajstić information content (AvgIpc) is 3.58. The molecule has 0 saturated carbocycles. The highest BCUT2D eigenvalue weighted by Gasteiger charge is 2.31. The van der Waals surface area contributed by atoms with Crippen molar-refractivity contribution < 1.29 is 4.74 Å². The van der Waals surface area contributed by atoms with Crippen molar-refractivity contribution in [1.82, 2.24) is 28.9 Å². The van der Waals surface area contributed by atoms with Crippen LogP contribution in [-0.4, -0.2) is 42.1 Å². The van der Waals surface area contributed by atoms with E-state index >= 15 is 0 Å². The number of nitrogens with zero attached hydrogens (tertiary/aromatic N) is 6. The fraction of sp³-hybridized carbons (Fsp3) is 0.300. The van der Waals surface area contributed by atoms with E-state index in [2.05, 4.69) is 74.7 Å². The summed E-state index contributed by atoms with van der Waals surface area (Å²) in [7, 11) is 4.06. The zero-order valence-electron chi connectivity index (χ0n) is 21.4. The number of hydrogen-bond acceptors (Lipinski definition) is 4. The van der Waals surface area contributed by atoms with Crippen LogP contribution in [-0.2, 0) is 18.8 Å². The molecular weight excluding hydrogens is 460 g/mol. The van der Waals surface area contributed by atoms with E-state index in [9.17, 15) is 0 Å². The van der Waals surface area contributed by atoms with Crippen molar-refractivity contribution in [2.24, 2.45) is 20.0 Å². The third-order valence-electron chi connectivity index (χ3n) is 8.03. The lowest BCUT2D eigenvalue weighted by atomic mass is 9.86. The maximum atomic E-state index is 5.79. The van der Waals surface area contributed by atoms with Crippen molar-refractivity contribution in [3.05, 3.63) is 78.5 Å². The molecular formula is C30H30N6O. The van der Waals surface area contributed by atoms with Gasteiger partial charge in [-0.05, 0) is 49.4 Å². The van der Waals surface area contributed by atoms with Gasteiger partial charge in [-0.15, -0.1) is 0 Å². The number of pyridine rings is 1. The van der Waals surface area contributed by atoms with Crippen LogP contribution in [0.4, 0.5) is 0 Å². The highest BCUT2D eigenvalue weighted by atomic mass is 16.5. The molecule has 4 aromatic heterocycles. The van der Waals surface area contributed by atoms with Gasteiger partial charge in [0.2, 0.25) is 0 Å². The average molecular weight is 491 g/mol. The summed E-state index contributed by atoms with van der Waals surface area (Å²) < 4.78 is 12.4. The van der Waals surface area contributed by atoms with Gasteiger partial charge in [-0.25, -0.2) is 4.98 Å². The molecule has 1 aliphatic heterocycles. The largest absolute Gasteiger partial charge is 0.381 e. The predicted octanol–water partition coefficient (Wildman–Crippen LogP) is 5.80. The molecule has 7 nitrogen and oxygen atoms in total. The van der Waals surface area contributed by atoms with Crippen molar-refractivity contribution in [3.8, 4) is 11.3 Å². The number of ether oxygens (including phenoxy) is 1. The molecule has 186 valence electrons. The zero-order valence-corrected chi connectivity index (χ0v) is 21.4. The summed E-state index contributed by atoms with van der Waals surface area (Å²) >= 11 is 0. The third-order valence-corrected chi connectivity index (χ3v) is 8.03. The van der Waals surface area contributed by atoms with E-state index in [1.165, 1.54) is 11.1 Å². The van der Waals surface area contributed by atoms with E-state index in [0.29, 0.717) is 5.92 Å². The first-order valence-corrected chi connectivity index (χ1v) is 13.0. The molecule has 0 N–H and O–H groups in total. The van der Waals surface area contributed by atoms with Gasteiger partial charge in [0.05, 0.1) is 57.4 Å². The molecule has 5 heterocycles. The van der Waals surface area contributed by atoms with Crippen molar-refractivity contribution in [2.45, 2.75) is 25.8 Å². The first kappa shape index (κ1) is 22.2. The van der Waals surface area contributed by atoms with Crippen molar-refractivity contribution in [1.29, 1.82) is 0 Å². The summed E-state index contributed by atoms with van der Waals surface area (Å²) in [5.74, 6) is 0.458. The standard InChI is InChI=1S/C30H30N6O/c1-19-28(34(2)18-32-19)23-15-25-27(31-16-23)26-24(10-9-22-17-33-35(3)30(22)26)36(25)29(20-7-5-4-6-8-20)21-11-13-37-14-12-21/h4-10,15-18,21,29H,11-14H2,1-3H3/t29-/m1/s1. The Bertz CT molecular complexity index is 1730. The molecule has 1 saturated heterocycles. The molecule has 0 spiro atoms. The quantitative estimate of drug-likeness (QED) is 0.313. The molecule has 0 amide bonds. The van der Waals surface area contributed by atoms with E-state index in [-0.39, 0.29) is 6.04 Å². The maximum absolute atomic E-state index is 5.79. The lowest BCUT2D eigenvalue weighted by Gasteiger charge is -2.33. The van der Waals surface area contributed by atoms with Crippen molar-refractivity contribution in [3.63, 3.8) is 0 Å². The van der Waals surface area contributed by atoms with Crippen LogP contribution in [0.5, 0.6) is 0 Å². The number of aromatic nitrogens is 6. The predicted molar refractivity (Wildman–Crippen MR) is 147 cm³/mol. The Kier molecular flexibility index (Phi) is 5.15. The molecule has 0 bridgehead atoms. The van der Waals surface area contributed by atoms with Gasteiger partial charge in [0.15, 0.2) is 0 Å². The first-order chi connectivity index (χ1) is 18.1. The van der Waals surface area contributed by atoms with Crippen LogP contribution < -0.4 is 0 Å². The number of benzene rings is 2. The van der Waals surface area contributed by atoms with Crippen molar-refractivity contribution >= 4 is 32.8 Å². The summed E-state index contributed by atoms with van der Waals surface area (Å²) in [6.45, 7) is 3.66. The van der Waals surface area contributed by atoms with Gasteiger partial charge in [-0.1, -0.05) is 30.3 Å². The molecule has 37 heavy (non-hydrogen) atoms. The lowest BCUT2D eigenvalue weighted by molar-refractivity contribution is 0.0553. The SMILES string of the molecule is Cc1ncn(C)c1-c1cnc2c3c4c(ccc3n([C@H](c3ccccc3)C3CCOCC3)c2c1)cnn4C. The van der Waals surface area contributed by atoms with Gasteiger partial charge in [0, 0.05) is 44.5 Å². The summed E-state index contributed by atoms with van der Waals surface area (Å²) in [5.41, 5.74) is 8.97.